The molecule has 2 aromatic carbocycles. The summed E-state index contributed by atoms with van der Waals surface area (Å²) in [6, 6.07) is 11.4. The molecule has 0 spiro atoms. The Morgan fingerprint density at radius 2 is 1.76 bits per heavy atom. The normalized spacial score (nSPS) is 14.3. The minimum Gasteiger partial charge on any atom is -0.497 e. The maximum Gasteiger partial charge on any atom is 0.337 e. The van der Waals surface area contributed by atoms with Gasteiger partial charge in [-0.25, -0.2) is 4.79 Å². The van der Waals surface area contributed by atoms with E-state index in [1.807, 2.05) is 4.90 Å². The van der Waals surface area contributed by atoms with Gasteiger partial charge >= 0.3 is 5.97 Å². The molecule has 0 aromatic heterocycles. The van der Waals surface area contributed by atoms with Crippen molar-refractivity contribution in [2.75, 3.05) is 30.4 Å². The van der Waals surface area contributed by atoms with Gasteiger partial charge in [0.25, 0.3) is 5.91 Å². The Morgan fingerprint density at radius 1 is 1.10 bits per heavy atom. The first kappa shape index (κ1) is 20.2. The van der Waals surface area contributed by atoms with E-state index in [0.717, 1.165) is 0 Å². The van der Waals surface area contributed by atoms with Gasteiger partial charge in [-0.3, -0.25) is 9.59 Å². The summed E-state index contributed by atoms with van der Waals surface area (Å²) in [4.78, 5) is 37.5. The molecule has 1 aliphatic heterocycles. The lowest BCUT2D eigenvalue weighted by Crippen LogP contribution is -2.39. The number of rotatable bonds is 6. The molecule has 1 heterocycles. The fourth-order valence-electron chi connectivity index (χ4n) is 3.41. The Kier molecular flexibility index (Phi) is 6.01. The summed E-state index contributed by atoms with van der Waals surface area (Å²) in [6.45, 7) is 1.09. The van der Waals surface area contributed by atoms with Gasteiger partial charge < -0.3 is 25.8 Å². The molecule has 0 atom stereocenters. The van der Waals surface area contributed by atoms with Crippen LogP contribution in [0, 0.1) is 5.92 Å². The molecule has 3 rings (SSSR count). The van der Waals surface area contributed by atoms with Crippen LogP contribution in [-0.4, -0.2) is 43.1 Å². The number of carboxylic acids is 1. The van der Waals surface area contributed by atoms with Gasteiger partial charge in [0.15, 0.2) is 0 Å². The van der Waals surface area contributed by atoms with Gasteiger partial charge in [-0.05, 0) is 55.3 Å². The summed E-state index contributed by atoms with van der Waals surface area (Å²) >= 11 is 0. The lowest BCUT2D eigenvalue weighted by atomic mass is 9.95. The molecule has 4 N–H and O–H groups in total. The summed E-state index contributed by atoms with van der Waals surface area (Å²) < 4.78 is 5.07. The first-order valence-electron chi connectivity index (χ1n) is 9.26. The smallest absolute Gasteiger partial charge is 0.337 e. The Balaban J connectivity index is 1.76. The average molecular weight is 397 g/mol. The zero-order chi connectivity index (χ0) is 21.0. The van der Waals surface area contributed by atoms with Crippen LogP contribution in [0.5, 0.6) is 5.75 Å². The van der Waals surface area contributed by atoms with Crippen LogP contribution in [0.2, 0.25) is 0 Å². The molecule has 2 amide bonds. The van der Waals surface area contributed by atoms with Crippen molar-refractivity contribution in [3.05, 3.63) is 53.6 Å². The molecular weight excluding hydrogens is 374 g/mol. The molecule has 29 heavy (non-hydrogen) atoms. The summed E-state index contributed by atoms with van der Waals surface area (Å²) in [5.74, 6) is -1.29. The van der Waals surface area contributed by atoms with Gasteiger partial charge in [0.05, 0.1) is 18.4 Å². The average Bonchev–Trinajstić information content (AvgIpc) is 2.73. The Bertz CT molecular complexity index is 918. The second kappa shape index (κ2) is 8.64. The van der Waals surface area contributed by atoms with Gasteiger partial charge in [-0.15, -0.1) is 0 Å². The van der Waals surface area contributed by atoms with Crippen LogP contribution >= 0.6 is 0 Å². The molecule has 1 fully saturated rings. The topological polar surface area (TPSA) is 122 Å². The van der Waals surface area contributed by atoms with Gasteiger partial charge in [0, 0.05) is 30.3 Å². The minimum absolute atomic E-state index is 0.0926. The molecule has 0 unspecified atom stereocenters. The van der Waals surface area contributed by atoms with Crippen molar-refractivity contribution in [1.29, 1.82) is 0 Å². The third kappa shape index (κ3) is 4.66. The zero-order valence-electron chi connectivity index (χ0n) is 16.1. The summed E-state index contributed by atoms with van der Waals surface area (Å²) in [5.41, 5.74) is 6.83. The Morgan fingerprint density at radius 3 is 2.31 bits per heavy atom. The largest absolute Gasteiger partial charge is 0.497 e. The predicted molar refractivity (Wildman–Crippen MR) is 108 cm³/mol. The molecular formula is C21H23N3O5. The van der Waals surface area contributed by atoms with E-state index in [4.69, 9.17) is 10.5 Å². The van der Waals surface area contributed by atoms with Crippen LogP contribution in [0.1, 0.15) is 33.6 Å². The highest BCUT2D eigenvalue weighted by molar-refractivity contribution is 6.05. The van der Waals surface area contributed by atoms with E-state index in [9.17, 15) is 19.5 Å². The Hall–Kier alpha value is -3.55. The molecule has 1 saturated heterocycles. The second-order valence-electron chi connectivity index (χ2n) is 6.88. The highest BCUT2D eigenvalue weighted by Crippen LogP contribution is 2.29. The Labute approximate surface area is 168 Å². The lowest BCUT2D eigenvalue weighted by molar-refractivity contribution is -0.122. The number of carbonyl (C=O) groups is 3. The van der Waals surface area contributed by atoms with Gasteiger partial charge in [0.2, 0.25) is 5.91 Å². The van der Waals surface area contributed by atoms with Gasteiger partial charge in [0.1, 0.15) is 5.75 Å². The SMILES string of the molecule is COc1ccc(C(=O)Nc2ccc(N3CCC(C(N)=O)CC3)c(C(=O)O)c2)cc1. The van der Waals surface area contributed by atoms with Crippen molar-refractivity contribution < 1.29 is 24.2 Å². The molecule has 2 aromatic rings. The number of carboxylic acid groups (broad SMARTS) is 1. The van der Waals surface area contributed by atoms with Crippen LogP contribution in [0.3, 0.4) is 0 Å². The number of hydrogen-bond acceptors (Lipinski definition) is 5. The molecule has 1 aliphatic rings. The summed E-state index contributed by atoms with van der Waals surface area (Å²) in [7, 11) is 1.54. The van der Waals surface area contributed by atoms with Crippen LogP contribution in [0.25, 0.3) is 0 Å². The number of nitrogens with zero attached hydrogens (tertiary/aromatic N) is 1. The quantitative estimate of drug-likeness (QED) is 0.688. The van der Waals surface area contributed by atoms with E-state index >= 15 is 0 Å². The third-order valence-electron chi connectivity index (χ3n) is 5.08. The fraction of sp³-hybridized carbons (Fsp3) is 0.286. The third-order valence-corrected chi connectivity index (χ3v) is 5.08. The van der Waals surface area contributed by atoms with Crippen LogP contribution in [0.15, 0.2) is 42.5 Å². The number of methoxy groups -OCH3 is 1. The van der Waals surface area contributed by atoms with Crippen molar-refractivity contribution in [3.8, 4) is 5.75 Å². The van der Waals surface area contributed by atoms with Crippen molar-refractivity contribution >= 4 is 29.2 Å². The molecule has 0 bridgehead atoms. The zero-order valence-corrected chi connectivity index (χ0v) is 16.1. The number of anilines is 2. The van der Waals surface area contributed by atoms with Gasteiger partial charge in [-0.1, -0.05) is 0 Å². The number of nitrogens with one attached hydrogen (secondary N) is 1. The number of ether oxygens (including phenoxy) is 1. The van der Waals surface area contributed by atoms with Crippen LogP contribution in [0.4, 0.5) is 11.4 Å². The number of nitrogens with two attached hydrogens (primary N) is 1. The monoisotopic (exact) mass is 397 g/mol. The van der Waals surface area contributed by atoms with E-state index in [1.165, 1.54) is 6.07 Å². The number of aromatic carboxylic acids is 1. The number of amides is 2. The highest BCUT2D eigenvalue weighted by atomic mass is 16.5. The molecule has 8 heteroatoms. The van der Waals surface area contributed by atoms with E-state index in [1.54, 1.807) is 43.5 Å². The number of benzene rings is 2. The highest BCUT2D eigenvalue weighted by Gasteiger charge is 2.26. The molecule has 152 valence electrons. The van der Waals surface area contributed by atoms with Crippen LogP contribution < -0.4 is 20.7 Å². The summed E-state index contributed by atoms with van der Waals surface area (Å²) in [5, 5.41) is 12.4. The molecule has 8 nitrogen and oxygen atoms in total. The van der Waals surface area contributed by atoms with E-state index in [-0.39, 0.29) is 23.3 Å². The lowest BCUT2D eigenvalue weighted by Gasteiger charge is -2.33. The second-order valence-corrected chi connectivity index (χ2v) is 6.88. The maximum atomic E-state index is 12.4. The number of hydrogen-bond donors (Lipinski definition) is 3. The molecule has 0 aliphatic carbocycles. The first-order valence-corrected chi connectivity index (χ1v) is 9.26. The standard InChI is InChI=1S/C21H23N3O5/c1-29-16-5-2-14(3-6-16)20(26)23-15-4-7-18(17(12-15)21(27)28)24-10-8-13(9-11-24)19(22)25/h2-7,12-13H,8-11H2,1H3,(H2,22,25)(H,23,26)(H,27,28). The summed E-state index contributed by atoms with van der Waals surface area (Å²) in [6.07, 6.45) is 1.18. The number of piperidine rings is 1. The van der Waals surface area contributed by atoms with E-state index in [0.29, 0.717) is 48.6 Å². The van der Waals surface area contributed by atoms with Crippen molar-refractivity contribution in [2.24, 2.45) is 11.7 Å². The molecule has 0 radical (unpaired) electrons. The van der Waals surface area contributed by atoms with E-state index < -0.39 is 5.97 Å². The maximum absolute atomic E-state index is 12.4. The van der Waals surface area contributed by atoms with Crippen molar-refractivity contribution in [1.82, 2.24) is 0 Å². The minimum atomic E-state index is -1.09. The van der Waals surface area contributed by atoms with Crippen molar-refractivity contribution in [3.63, 3.8) is 0 Å². The predicted octanol–water partition coefficient (Wildman–Crippen LogP) is 2.35. The van der Waals surface area contributed by atoms with Crippen LogP contribution in [-0.2, 0) is 4.79 Å². The number of primary amides is 1. The first-order chi connectivity index (χ1) is 13.9. The van der Waals surface area contributed by atoms with Crippen molar-refractivity contribution in [2.45, 2.75) is 12.8 Å². The number of carbonyl (C=O) groups excluding carboxylic acids is 2. The van der Waals surface area contributed by atoms with Gasteiger partial charge in [-0.2, -0.15) is 0 Å². The van der Waals surface area contributed by atoms with E-state index in [2.05, 4.69) is 5.32 Å². The fourth-order valence-corrected chi connectivity index (χ4v) is 3.41. The molecule has 0 saturated carbocycles.